The highest BCUT2D eigenvalue weighted by molar-refractivity contribution is 5.22. The van der Waals surface area contributed by atoms with Crippen LogP contribution >= 0.6 is 0 Å². The average molecular weight is 283 g/mol. The van der Waals surface area contributed by atoms with E-state index in [-0.39, 0.29) is 0 Å². The molecule has 1 N–H and O–H groups in total. The lowest BCUT2D eigenvalue weighted by Crippen LogP contribution is -2.18. The maximum atomic E-state index is 5.74. The third-order valence-corrected chi connectivity index (χ3v) is 3.28. The van der Waals surface area contributed by atoms with Crippen molar-refractivity contribution in [2.24, 2.45) is 5.92 Å². The van der Waals surface area contributed by atoms with Gasteiger partial charge in [0.05, 0.1) is 13.2 Å². The molecule has 0 aliphatic carbocycles. The fourth-order valence-corrected chi connectivity index (χ4v) is 2.12. The molecular weight excluding hydrogens is 258 g/mol. The van der Waals surface area contributed by atoms with Gasteiger partial charge in [0.2, 0.25) is 0 Å². The van der Waals surface area contributed by atoms with Crippen molar-refractivity contribution >= 4 is 0 Å². The van der Waals surface area contributed by atoms with Crippen molar-refractivity contribution in [3.63, 3.8) is 0 Å². The van der Waals surface area contributed by atoms with Gasteiger partial charge in [-0.15, -0.1) is 0 Å². The molecule has 0 spiro atoms. The Morgan fingerprint density at radius 1 is 0.810 bits per heavy atom. The normalized spacial score (nSPS) is 11.0. The smallest absolute Gasteiger partial charge is 0.0721 e. The van der Waals surface area contributed by atoms with Gasteiger partial charge < -0.3 is 10.1 Å². The zero-order valence-electron chi connectivity index (χ0n) is 13.0. The van der Waals surface area contributed by atoms with Crippen LogP contribution < -0.4 is 5.32 Å². The van der Waals surface area contributed by atoms with Gasteiger partial charge in [0.15, 0.2) is 0 Å². The van der Waals surface area contributed by atoms with E-state index in [9.17, 15) is 0 Å². The summed E-state index contributed by atoms with van der Waals surface area (Å²) < 4.78 is 5.74. The first kappa shape index (κ1) is 15.7. The summed E-state index contributed by atoms with van der Waals surface area (Å²) in [5, 5.41) is 3.45. The first-order chi connectivity index (χ1) is 10.2. The zero-order chi connectivity index (χ0) is 14.9. The van der Waals surface area contributed by atoms with Gasteiger partial charge in [-0.1, -0.05) is 68.4 Å². The molecule has 0 fully saturated rings. The van der Waals surface area contributed by atoms with Gasteiger partial charge in [0, 0.05) is 6.54 Å². The summed E-state index contributed by atoms with van der Waals surface area (Å²) >= 11 is 0. The van der Waals surface area contributed by atoms with Crippen molar-refractivity contribution in [2.75, 3.05) is 6.54 Å². The van der Waals surface area contributed by atoms with Crippen LogP contribution in [-0.4, -0.2) is 6.54 Å². The van der Waals surface area contributed by atoms with E-state index in [2.05, 4.69) is 55.6 Å². The highest BCUT2D eigenvalue weighted by Gasteiger charge is 1.98. The van der Waals surface area contributed by atoms with Gasteiger partial charge in [0.25, 0.3) is 0 Å². The van der Waals surface area contributed by atoms with E-state index in [1.807, 2.05) is 18.2 Å². The molecule has 0 saturated heterocycles. The first-order valence-corrected chi connectivity index (χ1v) is 7.64. The maximum absolute atomic E-state index is 5.74. The van der Waals surface area contributed by atoms with E-state index < -0.39 is 0 Å². The van der Waals surface area contributed by atoms with Crippen LogP contribution in [0.1, 0.15) is 30.5 Å². The molecule has 21 heavy (non-hydrogen) atoms. The van der Waals surface area contributed by atoms with Gasteiger partial charge in [-0.05, 0) is 29.2 Å². The molecule has 0 aromatic heterocycles. The van der Waals surface area contributed by atoms with Crippen LogP contribution in [0.25, 0.3) is 0 Å². The van der Waals surface area contributed by atoms with Crippen molar-refractivity contribution in [2.45, 2.75) is 33.6 Å². The quantitative estimate of drug-likeness (QED) is 0.786. The molecule has 2 aromatic carbocycles. The van der Waals surface area contributed by atoms with Crippen LogP contribution in [-0.2, 0) is 24.5 Å². The predicted octanol–water partition coefficient (Wildman–Crippen LogP) is 4.15. The molecule has 0 bridgehead atoms. The van der Waals surface area contributed by atoms with Gasteiger partial charge in [-0.2, -0.15) is 0 Å². The summed E-state index contributed by atoms with van der Waals surface area (Å²) in [5.74, 6) is 0.690. The Morgan fingerprint density at radius 3 is 2.00 bits per heavy atom. The molecule has 2 rings (SSSR count). The number of benzene rings is 2. The van der Waals surface area contributed by atoms with E-state index in [1.165, 1.54) is 16.7 Å². The van der Waals surface area contributed by atoms with Crippen LogP contribution in [0.2, 0.25) is 0 Å². The van der Waals surface area contributed by atoms with Crippen molar-refractivity contribution in [1.29, 1.82) is 0 Å². The molecule has 2 heteroatoms. The Hall–Kier alpha value is -1.64. The second-order valence-corrected chi connectivity index (χ2v) is 5.82. The number of ether oxygens (including phenoxy) is 1. The van der Waals surface area contributed by atoms with Gasteiger partial charge in [-0.25, -0.2) is 0 Å². The van der Waals surface area contributed by atoms with Gasteiger partial charge in [-0.3, -0.25) is 0 Å². The largest absolute Gasteiger partial charge is 0.372 e. The van der Waals surface area contributed by atoms with Crippen molar-refractivity contribution in [3.8, 4) is 0 Å². The minimum absolute atomic E-state index is 0.661. The third kappa shape index (κ3) is 6.11. The Bertz CT molecular complexity index is 505. The van der Waals surface area contributed by atoms with Crippen LogP contribution in [0.4, 0.5) is 0 Å². The van der Waals surface area contributed by atoms with Gasteiger partial charge in [0.1, 0.15) is 0 Å². The molecule has 0 aliphatic rings. The molecular formula is C19H25NO. The zero-order valence-corrected chi connectivity index (χ0v) is 13.0. The molecule has 112 valence electrons. The SMILES string of the molecule is CC(C)CNCc1ccc(COCc2ccccc2)cc1. The molecule has 0 unspecified atom stereocenters. The maximum Gasteiger partial charge on any atom is 0.0721 e. The summed E-state index contributed by atoms with van der Waals surface area (Å²) in [4.78, 5) is 0. The minimum atomic E-state index is 0.661. The van der Waals surface area contributed by atoms with E-state index in [4.69, 9.17) is 4.74 Å². The average Bonchev–Trinajstić information content (AvgIpc) is 2.50. The van der Waals surface area contributed by atoms with Crippen molar-refractivity contribution in [3.05, 3.63) is 71.3 Å². The summed E-state index contributed by atoms with van der Waals surface area (Å²) in [7, 11) is 0. The third-order valence-electron chi connectivity index (χ3n) is 3.28. The molecule has 0 radical (unpaired) electrons. The van der Waals surface area contributed by atoms with E-state index in [0.717, 1.165) is 13.1 Å². The van der Waals surface area contributed by atoms with E-state index in [1.54, 1.807) is 0 Å². The highest BCUT2D eigenvalue weighted by atomic mass is 16.5. The molecule has 0 saturated carbocycles. The lowest BCUT2D eigenvalue weighted by Gasteiger charge is -2.08. The monoisotopic (exact) mass is 283 g/mol. The molecule has 0 amide bonds. The lowest BCUT2D eigenvalue weighted by molar-refractivity contribution is 0.107. The standard InChI is InChI=1S/C19H25NO/c1-16(2)12-20-13-17-8-10-19(11-9-17)15-21-14-18-6-4-3-5-7-18/h3-11,16,20H,12-15H2,1-2H3. The fourth-order valence-electron chi connectivity index (χ4n) is 2.12. The summed E-state index contributed by atoms with van der Waals surface area (Å²) in [6.07, 6.45) is 0. The molecule has 2 aromatic rings. The van der Waals surface area contributed by atoms with Crippen molar-refractivity contribution < 1.29 is 4.74 Å². The Balaban J connectivity index is 1.72. The Kier molecular flexibility index (Phi) is 6.45. The Morgan fingerprint density at radius 2 is 1.38 bits per heavy atom. The Labute approximate surface area is 128 Å². The lowest BCUT2D eigenvalue weighted by atomic mass is 10.1. The van der Waals surface area contributed by atoms with Crippen LogP contribution in [0.3, 0.4) is 0 Å². The fraction of sp³-hybridized carbons (Fsp3) is 0.368. The van der Waals surface area contributed by atoms with Crippen LogP contribution in [0, 0.1) is 5.92 Å². The summed E-state index contributed by atoms with van der Waals surface area (Å²) in [5.41, 5.74) is 3.76. The number of hydrogen-bond acceptors (Lipinski definition) is 2. The highest BCUT2D eigenvalue weighted by Crippen LogP contribution is 2.08. The van der Waals surface area contributed by atoms with Crippen molar-refractivity contribution in [1.82, 2.24) is 5.32 Å². The summed E-state index contributed by atoms with van der Waals surface area (Å²) in [6, 6.07) is 18.9. The number of hydrogen-bond donors (Lipinski definition) is 1. The second-order valence-electron chi connectivity index (χ2n) is 5.82. The first-order valence-electron chi connectivity index (χ1n) is 7.64. The summed E-state index contributed by atoms with van der Waals surface area (Å²) in [6.45, 7) is 7.76. The predicted molar refractivity (Wildman–Crippen MR) is 87.9 cm³/mol. The topological polar surface area (TPSA) is 21.3 Å². The molecule has 2 nitrogen and oxygen atoms in total. The van der Waals surface area contributed by atoms with E-state index >= 15 is 0 Å². The van der Waals surface area contributed by atoms with Crippen LogP contribution in [0.5, 0.6) is 0 Å². The number of rotatable bonds is 8. The van der Waals surface area contributed by atoms with Crippen LogP contribution in [0.15, 0.2) is 54.6 Å². The molecule has 0 aliphatic heterocycles. The minimum Gasteiger partial charge on any atom is -0.372 e. The van der Waals surface area contributed by atoms with E-state index in [0.29, 0.717) is 19.1 Å². The second kappa shape index (κ2) is 8.60. The number of nitrogens with one attached hydrogen (secondary N) is 1. The molecule has 0 atom stereocenters. The van der Waals surface area contributed by atoms with Gasteiger partial charge >= 0.3 is 0 Å². The molecule has 0 heterocycles.